The molecule has 34 heavy (non-hydrogen) atoms. The highest BCUT2D eigenvalue weighted by molar-refractivity contribution is 7.99. The third-order valence-electron chi connectivity index (χ3n) is 5.72. The standard InChI is InChI=1S/C25H25ClN4O3S/c1-3-14-30-23(21-9-6-15-29(21)24(32)19-7-4-5-8-20(19)26)27-28-25(30)34-16-22(31)17-10-12-18(33-2)13-11-17/h3-5,7-8,10-13,21H,1,6,9,14-16H2,2H3. The lowest BCUT2D eigenvalue weighted by atomic mass is 10.1. The van der Waals surface area contributed by atoms with Crippen LogP contribution in [-0.4, -0.2) is 50.8 Å². The maximum absolute atomic E-state index is 13.3. The Morgan fingerprint density at radius 1 is 1.21 bits per heavy atom. The van der Waals surface area contributed by atoms with Gasteiger partial charge >= 0.3 is 0 Å². The lowest BCUT2D eigenvalue weighted by Crippen LogP contribution is -2.32. The fourth-order valence-corrected chi connectivity index (χ4v) is 5.08. The minimum atomic E-state index is -0.220. The van der Waals surface area contributed by atoms with Gasteiger partial charge in [-0.25, -0.2) is 0 Å². The highest BCUT2D eigenvalue weighted by Gasteiger charge is 2.35. The molecule has 176 valence electrons. The fourth-order valence-electron chi connectivity index (χ4n) is 4.01. The predicted octanol–water partition coefficient (Wildman–Crippen LogP) is 5.08. The number of hydrogen-bond acceptors (Lipinski definition) is 6. The number of aromatic nitrogens is 3. The molecule has 1 unspecified atom stereocenters. The molecule has 0 bridgehead atoms. The van der Waals surface area contributed by atoms with Crippen molar-refractivity contribution in [3.8, 4) is 5.75 Å². The van der Waals surface area contributed by atoms with Crippen LogP contribution in [0.4, 0.5) is 0 Å². The maximum atomic E-state index is 13.3. The quantitative estimate of drug-likeness (QED) is 0.233. The van der Waals surface area contributed by atoms with E-state index in [1.54, 1.807) is 61.7 Å². The van der Waals surface area contributed by atoms with Crippen molar-refractivity contribution in [2.24, 2.45) is 0 Å². The summed E-state index contributed by atoms with van der Waals surface area (Å²) in [6.45, 7) is 4.95. The van der Waals surface area contributed by atoms with Crippen molar-refractivity contribution in [1.29, 1.82) is 0 Å². The lowest BCUT2D eigenvalue weighted by molar-refractivity contribution is 0.0727. The zero-order valence-corrected chi connectivity index (χ0v) is 20.4. The van der Waals surface area contributed by atoms with Gasteiger partial charge in [-0.2, -0.15) is 0 Å². The van der Waals surface area contributed by atoms with Gasteiger partial charge in [-0.05, 0) is 49.2 Å². The summed E-state index contributed by atoms with van der Waals surface area (Å²) in [5.74, 6) is 1.47. The van der Waals surface area contributed by atoms with Crippen molar-refractivity contribution in [1.82, 2.24) is 19.7 Å². The van der Waals surface area contributed by atoms with Crippen molar-refractivity contribution in [3.63, 3.8) is 0 Å². The van der Waals surface area contributed by atoms with Gasteiger partial charge in [0.05, 0.1) is 29.5 Å². The first-order chi connectivity index (χ1) is 16.5. The van der Waals surface area contributed by atoms with Crippen LogP contribution in [0.5, 0.6) is 5.75 Å². The van der Waals surface area contributed by atoms with Crippen molar-refractivity contribution >= 4 is 35.1 Å². The van der Waals surface area contributed by atoms with E-state index >= 15 is 0 Å². The lowest BCUT2D eigenvalue weighted by Gasteiger charge is -2.25. The van der Waals surface area contributed by atoms with Crippen molar-refractivity contribution < 1.29 is 14.3 Å². The van der Waals surface area contributed by atoms with Crippen LogP contribution in [-0.2, 0) is 6.54 Å². The van der Waals surface area contributed by atoms with Crippen LogP contribution in [0.1, 0.15) is 45.4 Å². The Morgan fingerprint density at radius 3 is 2.68 bits per heavy atom. The molecular weight excluding hydrogens is 472 g/mol. The van der Waals surface area contributed by atoms with Crippen molar-refractivity contribution in [2.75, 3.05) is 19.4 Å². The molecule has 0 aliphatic carbocycles. The number of carbonyl (C=O) groups is 2. The molecule has 2 aromatic carbocycles. The van der Waals surface area contributed by atoms with E-state index in [0.29, 0.717) is 46.0 Å². The Hall–Kier alpha value is -3.10. The Bertz CT molecular complexity index is 1200. The molecular formula is C25H25ClN4O3S. The molecule has 7 nitrogen and oxygen atoms in total. The molecule has 4 rings (SSSR count). The number of benzene rings is 2. The number of ketones is 1. The van der Waals surface area contributed by atoms with Crippen molar-refractivity contribution in [3.05, 3.63) is 83.2 Å². The maximum Gasteiger partial charge on any atom is 0.255 e. The number of methoxy groups -OCH3 is 1. The van der Waals surface area contributed by atoms with E-state index in [1.807, 2.05) is 9.47 Å². The first-order valence-corrected chi connectivity index (χ1v) is 12.3. The van der Waals surface area contributed by atoms with Gasteiger partial charge in [0.2, 0.25) is 0 Å². The monoisotopic (exact) mass is 496 g/mol. The smallest absolute Gasteiger partial charge is 0.255 e. The largest absolute Gasteiger partial charge is 0.497 e. The second-order valence-corrected chi connectivity index (χ2v) is 9.17. The number of ether oxygens (including phenoxy) is 1. The Balaban J connectivity index is 1.53. The summed E-state index contributed by atoms with van der Waals surface area (Å²) in [5.41, 5.74) is 1.08. The SMILES string of the molecule is C=CCn1c(SCC(=O)c2ccc(OC)cc2)nnc1C1CCCN1C(=O)c1ccccc1Cl. The van der Waals surface area contributed by atoms with Crippen molar-refractivity contribution in [2.45, 2.75) is 30.6 Å². The molecule has 0 N–H and O–H groups in total. The number of halogens is 1. The molecule has 9 heteroatoms. The molecule has 0 spiro atoms. The predicted molar refractivity (Wildman–Crippen MR) is 133 cm³/mol. The van der Waals surface area contributed by atoms with Crippen LogP contribution < -0.4 is 4.74 Å². The Morgan fingerprint density at radius 2 is 1.97 bits per heavy atom. The second kappa shape index (κ2) is 10.9. The van der Waals surface area contributed by atoms with E-state index in [1.165, 1.54) is 11.8 Å². The topological polar surface area (TPSA) is 77.3 Å². The first-order valence-electron chi connectivity index (χ1n) is 10.9. The number of hydrogen-bond donors (Lipinski definition) is 0. The van der Waals surface area contributed by atoms with Crippen LogP contribution in [0.25, 0.3) is 0 Å². The number of Topliss-reactive ketones (excluding diaryl/α,β-unsaturated/α-hetero) is 1. The number of allylic oxidation sites excluding steroid dienone is 1. The Labute approximate surface area is 207 Å². The number of carbonyl (C=O) groups excluding carboxylic acids is 2. The van der Waals surface area contributed by atoms with Gasteiger partial charge in [-0.3, -0.25) is 9.59 Å². The number of nitrogens with zero attached hydrogens (tertiary/aromatic N) is 4. The van der Waals surface area contributed by atoms with Crippen LogP contribution in [0.15, 0.2) is 66.3 Å². The third kappa shape index (κ3) is 5.03. The molecule has 1 fully saturated rings. The van der Waals surface area contributed by atoms with Gasteiger partial charge in [0, 0.05) is 18.7 Å². The van der Waals surface area contributed by atoms with Gasteiger partial charge in [-0.1, -0.05) is 41.6 Å². The van der Waals surface area contributed by atoms with Gasteiger partial charge in [0.15, 0.2) is 16.8 Å². The summed E-state index contributed by atoms with van der Waals surface area (Å²) < 4.78 is 7.08. The molecule has 3 aromatic rings. The number of rotatable bonds is 9. The van der Waals surface area contributed by atoms with E-state index in [0.717, 1.165) is 12.8 Å². The summed E-state index contributed by atoms with van der Waals surface area (Å²) in [4.78, 5) is 27.7. The fraction of sp³-hybridized carbons (Fsp3) is 0.280. The molecule has 1 aliphatic heterocycles. The minimum absolute atomic E-state index is 0.0150. The van der Waals surface area contributed by atoms with Crippen LogP contribution in [0, 0.1) is 0 Å². The van der Waals surface area contributed by atoms with Crippen LogP contribution >= 0.6 is 23.4 Å². The van der Waals surface area contributed by atoms with Gasteiger partial charge in [0.25, 0.3) is 5.91 Å². The number of thioether (sulfide) groups is 1. The summed E-state index contributed by atoms with van der Waals surface area (Å²) in [7, 11) is 1.59. The third-order valence-corrected chi connectivity index (χ3v) is 7.01. The molecule has 1 aliphatic rings. The number of amides is 1. The zero-order valence-electron chi connectivity index (χ0n) is 18.8. The van der Waals surface area contributed by atoms with Gasteiger partial charge in [-0.15, -0.1) is 16.8 Å². The highest BCUT2D eigenvalue weighted by Crippen LogP contribution is 2.35. The second-order valence-electron chi connectivity index (χ2n) is 7.82. The summed E-state index contributed by atoms with van der Waals surface area (Å²) >= 11 is 7.60. The van der Waals surface area contributed by atoms with Crippen LogP contribution in [0.3, 0.4) is 0 Å². The van der Waals surface area contributed by atoms with Gasteiger partial charge < -0.3 is 14.2 Å². The summed E-state index contributed by atoms with van der Waals surface area (Å²) in [6, 6.07) is 13.9. The molecule has 1 atom stereocenters. The molecule has 0 radical (unpaired) electrons. The van der Waals surface area contributed by atoms with E-state index in [2.05, 4.69) is 16.8 Å². The van der Waals surface area contributed by atoms with E-state index in [-0.39, 0.29) is 23.5 Å². The Kier molecular flexibility index (Phi) is 7.70. The van der Waals surface area contributed by atoms with E-state index in [9.17, 15) is 9.59 Å². The number of likely N-dealkylation sites (tertiary alicyclic amines) is 1. The van der Waals surface area contributed by atoms with E-state index < -0.39 is 0 Å². The average Bonchev–Trinajstić information content (AvgIpc) is 3.50. The zero-order chi connectivity index (χ0) is 24.1. The van der Waals surface area contributed by atoms with Gasteiger partial charge in [0.1, 0.15) is 5.75 Å². The minimum Gasteiger partial charge on any atom is -0.497 e. The normalized spacial score (nSPS) is 15.4. The summed E-state index contributed by atoms with van der Waals surface area (Å²) in [5, 5.41) is 9.83. The van der Waals surface area contributed by atoms with Crippen LogP contribution in [0.2, 0.25) is 5.02 Å². The summed E-state index contributed by atoms with van der Waals surface area (Å²) in [6.07, 6.45) is 3.40. The highest BCUT2D eigenvalue weighted by atomic mass is 35.5. The molecule has 2 heterocycles. The molecule has 1 amide bonds. The molecule has 1 saturated heterocycles. The first kappa shape index (κ1) is 24.0. The average molecular weight is 497 g/mol. The molecule has 0 saturated carbocycles. The molecule has 1 aromatic heterocycles. The van der Waals surface area contributed by atoms with E-state index in [4.69, 9.17) is 16.3 Å².